The van der Waals surface area contributed by atoms with Gasteiger partial charge in [0.05, 0.1) is 0 Å². The number of nitrogens with one attached hydrogen (secondary N) is 4. The van der Waals surface area contributed by atoms with Gasteiger partial charge in [0, 0.05) is 66.5 Å². The topological polar surface area (TPSA) is 63.2 Å². The van der Waals surface area contributed by atoms with E-state index in [1.807, 2.05) is 0 Å². The van der Waals surface area contributed by atoms with Crippen LogP contribution >= 0.6 is 0 Å². The summed E-state index contributed by atoms with van der Waals surface area (Å²) in [6.45, 7) is 8.54. The highest BCUT2D eigenvalue weighted by Crippen LogP contribution is 2.28. The number of aromatic nitrogens is 4. The van der Waals surface area contributed by atoms with E-state index in [0.29, 0.717) is 0 Å². The summed E-state index contributed by atoms with van der Waals surface area (Å²) in [5, 5.41) is 4.17. The van der Waals surface area contributed by atoms with Crippen LogP contribution in [0.1, 0.15) is 67.3 Å². The highest BCUT2D eigenvalue weighted by molar-refractivity contribution is 5.84. The summed E-state index contributed by atoms with van der Waals surface area (Å²) >= 11 is 0. The van der Waals surface area contributed by atoms with Crippen molar-refractivity contribution >= 4 is 22.3 Å². The van der Waals surface area contributed by atoms with Crippen molar-refractivity contribution < 1.29 is 0 Å². The number of benzene rings is 4. The van der Waals surface area contributed by atoms with Crippen LogP contribution in [0.2, 0.25) is 0 Å². The molecule has 0 unspecified atom stereocenters. The van der Waals surface area contributed by atoms with Crippen LogP contribution < -0.4 is 21.4 Å². The molecule has 0 fully saturated rings. The molecule has 8 bridgehead atoms. The molecule has 0 atom stereocenters. The zero-order valence-electron chi connectivity index (χ0n) is 29.9. The molecule has 0 amide bonds. The Bertz CT molecular complexity index is 2440. The van der Waals surface area contributed by atoms with Gasteiger partial charge in [0.15, 0.2) is 0 Å². The van der Waals surface area contributed by atoms with Crippen molar-refractivity contribution in [1.29, 1.82) is 0 Å². The van der Waals surface area contributed by atoms with Crippen LogP contribution in [0.3, 0.4) is 0 Å². The van der Waals surface area contributed by atoms with Gasteiger partial charge in [0.2, 0.25) is 0 Å². The Kier molecular flexibility index (Phi) is 7.66. The van der Waals surface area contributed by atoms with E-state index in [9.17, 15) is 0 Å². The second-order valence-corrected chi connectivity index (χ2v) is 14.1. The molecular weight excluding hydrogens is 633 g/mol. The molecule has 4 N–H and O–H groups in total. The molecule has 4 nitrogen and oxygen atoms in total. The lowest BCUT2D eigenvalue weighted by Crippen LogP contribution is -2.19. The molecular formula is C48H40N4. The molecule has 4 heteroatoms. The Morgan fingerprint density at radius 1 is 0.231 bits per heavy atom. The summed E-state index contributed by atoms with van der Waals surface area (Å²) in [5.74, 6) is 0. The molecule has 0 saturated heterocycles. The normalized spacial score (nSPS) is 12.8. The van der Waals surface area contributed by atoms with Gasteiger partial charge >= 0.3 is 0 Å². The van der Waals surface area contributed by atoms with E-state index in [1.165, 1.54) is 22.3 Å². The van der Waals surface area contributed by atoms with Crippen molar-refractivity contribution in [2.24, 2.45) is 0 Å². The first-order chi connectivity index (χ1) is 25.4. The zero-order valence-corrected chi connectivity index (χ0v) is 29.9. The van der Waals surface area contributed by atoms with Crippen LogP contribution in [0, 0.1) is 27.7 Å². The Morgan fingerprint density at radius 3 is 0.654 bits per heavy atom. The SMILES string of the molecule is Cc1ccc(C2=c3ccc([nH]3)=C(c3ccc(C)cc3)c3ccc([nH]3)C(c3ccc(C)cc3)=c3ccc([nH]3)=C(c3ccc(C)cc3)c3ccc2[nH]3)cc1. The van der Waals surface area contributed by atoms with E-state index in [-0.39, 0.29) is 0 Å². The minimum Gasteiger partial charge on any atom is -0.354 e. The largest absolute Gasteiger partial charge is 0.354 e. The van der Waals surface area contributed by atoms with Gasteiger partial charge in [-0.1, -0.05) is 119 Å². The maximum atomic E-state index is 3.88. The fourth-order valence-corrected chi connectivity index (χ4v) is 7.45. The molecule has 252 valence electrons. The lowest BCUT2D eigenvalue weighted by Gasteiger charge is -2.10. The molecule has 4 aromatic heterocycles. The van der Waals surface area contributed by atoms with Crippen molar-refractivity contribution in [3.05, 3.63) is 234 Å². The summed E-state index contributed by atoms with van der Waals surface area (Å²) in [7, 11) is 0. The van der Waals surface area contributed by atoms with Crippen molar-refractivity contribution in [3.8, 4) is 0 Å². The van der Waals surface area contributed by atoms with Gasteiger partial charge in [-0.05, 0) is 98.5 Å². The third kappa shape index (κ3) is 5.69. The third-order valence-electron chi connectivity index (χ3n) is 10.3. The minimum atomic E-state index is 1.04. The fraction of sp³-hybridized carbons (Fsp3) is 0.0833. The number of hydrogen-bond donors (Lipinski definition) is 4. The Balaban J connectivity index is 1.43. The van der Waals surface area contributed by atoms with Gasteiger partial charge in [-0.15, -0.1) is 0 Å². The average molecular weight is 673 g/mol. The smallest absolute Gasteiger partial charge is 0.0485 e. The second-order valence-electron chi connectivity index (χ2n) is 14.1. The molecule has 1 aliphatic heterocycles. The van der Waals surface area contributed by atoms with Crippen LogP contribution in [-0.4, -0.2) is 19.9 Å². The first-order valence-electron chi connectivity index (χ1n) is 17.9. The molecule has 4 aromatic carbocycles. The molecule has 52 heavy (non-hydrogen) atoms. The minimum absolute atomic E-state index is 1.04. The zero-order chi connectivity index (χ0) is 35.3. The Hall–Kier alpha value is -6.52. The predicted octanol–water partition coefficient (Wildman–Crippen LogP) is 7.54. The summed E-state index contributed by atoms with van der Waals surface area (Å²) in [6.07, 6.45) is 0. The van der Waals surface area contributed by atoms with Gasteiger partial charge in [0.1, 0.15) is 0 Å². The van der Waals surface area contributed by atoms with E-state index in [0.717, 1.165) is 88.7 Å². The number of aromatic amines is 4. The van der Waals surface area contributed by atoms with Crippen molar-refractivity contribution in [2.45, 2.75) is 27.7 Å². The highest BCUT2D eigenvalue weighted by atomic mass is 14.8. The summed E-state index contributed by atoms with van der Waals surface area (Å²) < 4.78 is 0. The summed E-state index contributed by atoms with van der Waals surface area (Å²) in [5.41, 5.74) is 18.1. The van der Waals surface area contributed by atoms with Crippen LogP contribution in [-0.2, 0) is 0 Å². The Labute approximate surface area is 303 Å². The van der Waals surface area contributed by atoms with Crippen molar-refractivity contribution in [1.82, 2.24) is 19.9 Å². The molecule has 8 aromatic rings. The Morgan fingerprint density at radius 2 is 0.442 bits per heavy atom. The van der Waals surface area contributed by atoms with Gasteiger partial charge in [0.25, 0.3) is 0 Å². The average Bonchev–Trinajstić information content (AvgIpc) is 3.99. The third-order valence-corrected chi connectivity index (χ3v) is 10.3. The maximum absolute atomic E-state index is 3.88. The fourth-order valence-electron chi connectivity index (χ4n) is 7.45. The lowest BCUT2D eigenvalue weighted by atomic mass is 10.0. The molecule has 1 aliphatic rings. The first kappa shape index (κ1) is 31.5. The van der Waals surface area contributed by atoms with Crippen LogP contribution in [0.4, 0.5) is 0 Å². The molecule has 0 aliphatic carbocycles. The van der Waals surface area contributed by atoms with Crippen LogP contribution in [0.15, 0.2) is 146 Å². The number of H-pyrrole nitrogens is 4. The molecule has 0 radical (unpaired) electrons. The second kappa shape index (κ2) is 12.7. The predicted molar refractivity (Wildman–Crippen MR) is 213 cm³/mol. The number of hydrogen-bond acceptors (Lipinski definition) is 0. The molecule has 0 saturated carbocycles. The number of rotatable bonds is 4. The standard InChI is InChI=1S/C48H40N4/c1-29-5-13-33(14-6-29)45-37-21-23-39(49-37)46(34-15-7-30(2)8-16-34)41-25-27-43(51-41)48(36-19-11-32(4)12-20-36)44-28-26-42(52-44)47(40-24-22-38(45)50-40)35-17-9-31(3)10-18-35/h5-28,49-52H,1-4H3. The highest BCUT2D eigenvalue weighted by Gasteiger charge is 2.18. The van der Waals surface area contributed by atoms with Crippen molar-refractivity contribution in [3.63, 3.8) is 0 Å². The summed E-state index contributed by atoms with van der Waals surface area (Å²) in [6, 6.07) is 53.0. The first-order valence-corrected chi connectivity index (χ1v) is 17.9. The maximum Gasteiger partial charge on any atom is 0.0485 e. The lowest BCUT2D eigenvalue weighted by molar-refractivity contribution is 1.19. The van der Waals surface area contributed by atoms with Crippen molar-refractivity contribution in [2.75, 3.05) is 0 Å². The van der Waals surface area contributed by atoms with E-state index in [1.54, 1.807) is 0 Å². The molecule has 5 heterocycles. The quantitative estimate of drug-likeness (QED) is 0.149. The van der Waals surface area contributed by atoms with Gasteiger partial charge < -0.3 is 19.9 Å². The number of aryl methyl sites for hydroxylation is 4. The van der Waals surface area contributed by atoms with Gasteiger partial charge in [-0.2, -0.15) is 0 Å². The van der Waals surface area contributed by atoms with E-state index in [2.05, 4.69) is 193 Å². The van der Waals surface area contributed by atoms with Gasteiger partial charge in [-0.3, -0.25) is 0 Å². The molecule has 0 spiro atoms. The van der Waals surface area contributed by atoms with Gasteiger partial charge in [-0.25, -0.2) is 0 Å². The van der Waals surface area contributed by atoms with E-state index in [4.69, 9.17) is 0 Å². The molecule has 9 rings (SSSR count). The summed E-state index contributed by atoms with van der Waals surface area (Å²) in [4.78, 5) is 15.5. The van der Waals surface area contributed by atoms with Crippen LogP contribution in [0.25, 0.3) is 22.3 Å². The van der Waals surface area contributed by atoms with E-state index >= 15 is 0 Å². The number of fused-ring (bicyclic) bond motifs is 8. The van der Waals surface area contributed by atoms with Crippen LogP contribution in [0.5, 0.6) is 0 Å². The monoisotopic (exact) mass is 672 g/mol. The van der Waals surface area contributed by atoms with E-state index < -0.39 is 0 Å².